The molecule has 10 heteroatoms. The van der Waals surface area contributed by atoms with Crippen molar-refractivity contribution in [3.63, 3.8) is 0 Å². The number of anilines is 1. The number of allylic oxidation sites excluding steroid dienone is 1. The number of fused-ring (bicyclic) bond motifs is 7. The van der Waals surface area contributed by atoms with Crippen LogP contribution < -0.4 is 10.5 Å². The maximum atomic E-state index is 14.2. The Morgan fingerprint density at radius 1 is 1.29 bits per heavy atom. The highest BCUT2D eigenvalue weighted by Crippen LogP contribution is 2.36. The van der Waals surface area contributed by atoms with Crippen LogP contribution in [0.2, 0.25) is 0 Å². The maximum Gasteiger partial charge on any atom is 0.258 e. The summed E-state index contributed by atoms with van der Waals surface area (Å²) in [5, 5.41) is 18.4. The lowest BCUT2D eigenvalue weighted by atomic mass is 9.88. The van der Waals surface area contributed by atoms with Crippen LogP contribution in [0.25, 0.3) is 16.8 Å². The summed E-state index contributed by atoms with van der Waals surface area (Å²) < 4.78 is 22.0. The van der Waals surface area contributed by atoms with Gasteiger partial charge in [-0.15, -0.1) is 5.10 Å². The minimum absolute atomic E-state index is 0.0628. The third-order valence-electron chi connectivity index (χ3n) is 6.19. The summed E-state index contributed by atoms with van der Waals surface area (Å²) in [5.41, 5.74) is 10.3. The van der Waals surface area contributed by atoms with E-state index in [0.717, 1.165) is 0 Å². The van der Waals surface area contributed by atoms with Gasteiger partial charge in [-0.1, -0.05) is 19.1 Å². The summed E-state index contributed by atoms with van der Waals surface area (Å²) >= 11 is 0. The van der Waals surface area contributed by atoms with Crippen molar-refractivity contribution >= 4 is 17.1 Å². The van der Waals surface area contributed by atoms with E-state index in [4.69, 9.17) is 15.5 Å². The van der Waals surface area contributed by atoms with E-state index >= 15 is 0 Å². The molecule has 2 aliphatic rings. The molecule has 2 unspecified atom stereocenters. The zero-order valence-electron chi connectivity index (χ0n) is 19.0. The van der Waals surface area contributed by atoms with Crippen LogP contribution in [0.4, 0.5) is 10.2 Å². The molecule has 0 fully saturated rings. The normalized spacial score (nSPS) is 19.6. The first kappa shape index (κ1) is 21.7. The molecule has 2 N–H and O–H groups in total. The second-order valence-corrected chi connectivity index (χ2v) is 8.77. The third kappa shape index (κ3) is 3.69. The standard InChI is InChI=1S/C24H23FN8O/c1-12(2)18-6-14(8-26)22-19-9-28-23(27)24(31-19)34-13(3)17-7-15(25)4-5-16(17)21-10-29-32-33(21)11-20(22)30-18/h4-5,7,9-10,12-13,18H,6,11H2,1-3H3,(H2,27,28). The van der Waals surface area contributed by atoms with Crippen molar-refractivity contribution in [3.8, 4) is 23.2 Å². The minimum Gasteiger partial charge on any atom is -0.467 e. The molecule has 5 rings (SSSR count). The number of rotatable bonds is 1. The Morgan fingerprint density at radius 3 is 2.88 bits per heavy atom. The van der Waals surface area contributed by atoms with Crippen LogP contribution in [0, 0.1) is 23.1 Å². The summed E-state index contributed by atoms with van der Waals surface area (Å²) in [7, 11) is 0. The number of nitrogens with two attached hydrogens (primary N) is 1. The Morgan fingerprint density at radius 2 is 2.12 bits per heavy atom. The van der Waals surface area contributed by atoms with E-state index < -0.39 is 11.9 Å². The molecule has 9 nitrogen and oxygen atoms in total. The van der Waals surface area contributed by atoms with E-state index in [9.17, 15) is 9.65 Å². The zero-order valence-corrected chi connectivity index (χ0v) is 19.0. The second kappa shape index (κ2) is 8.33. The number of benzene rings is 1. The molecule has 0 radical (unpaired) electrons. The molecule has 0 amide bonds. The fourth-order valence-electron chi connectivity index (χ4n) is 4.35. The topological polar surface area (TPSA) is 128 Å². The summed E-state index contributed by atoms with van der Waals surface area (Å²) in [6, 6.07) is 6.76. The number of dihydropyridines is 1. The maximum absolute atomic E-state index is 14.2. The van der Waals surface area contributed by atoms with Crippen LogP contribution in [0.3, 0.4) is 0 Å². The summed E-state index contributed by atoms with van der Waals surface area (Å²) in [6.45, 7) is 6.19. The zero-order chi connectivity index (χ0) is 24.0. The average molecular weight is 459 g/mol. The van der Waals surface area contributed by atoms with Crippen molar-refractivity contribution in [1.29, 1.82) is 5.26 Å². The molecule has 0 saturated heterocycles. The smallest absolute Gasteiger partial charge is 0.258 e. The van der Waals surface area contributed by atoms with Crippen LogP contribution in [-0.2, 0) is 6.54 Å². The van der Waals surface area contributed by atoms with Crippen LogP contribution in [-0.4, -0.2) is 36.7 Å². The first-order valence-electron chi connectivity index (χ1n) is 11.0. The number of hydrogen-bond donors (Lipinski definition) is 1. The Hall–Kier alpha value is -4.13. The predicted octanol–water partition coefficient (Wildman–Crippen LogP) is 3.76. The van der Waals surface area contributed by atoms with Crippen molar-refractivity contribution in [2.24, 2.45) is 10.9 Å². The Labute approximate surface area is 195 Å². The highest BCUT2D eigenvalue weighted by Gasteiger charge is 2.30. The average Bonchev–Trinajstić information content (AvgIpc) is 3.27. The molecule has 0 aliphatic carbocycles. The van der Waals surface area contributed by atoms with Crippen LogP contribution in [0.1, 0.15) is 44.6 Å². The lowest BCUT2D eigenvalue weighted by Gasteiger charge is -2.27. The lowest BCUT2D eigenvalue weighted by molar-refractivity contribution is 0.218. The molecule has 0 saturated carbocycles. The van der Waals surface area contributed by atoms with Gasteiger partial charge in [0.25, 0.3) is 5.88 Å². The number of hydrogen-bond acceptors (Lipinski definition) is 8. The van der Waals surface area contributed by atoms with Gasteiger partial charge in [0.05, 0.1) is 48.1 Å². The molecule has 2 aliphatic heterocycles. The first-order chi connectivity index (χ1) is 16.4. The van der Waals surface area contributed by atoms with Gasteiger partial charge in [-0.25, -0.2) is 19.0 Å². The Kier molecular flexibility index (Phi) is 5.32. The molecule has 34 heavy (non-hydrogen) atoms. The molecule has 2 aromatic heterocycles. The lowest BCUT2D eigenvalue weighted by Crippen LogP contribution is -2.27. The molecule has 3 aromatic rings. The minimum atomic E-state index is -0.602. The van der Waals surface area contributed by atoms with Crippen molar-refractivity contribution < 1.29 is 9.13 Å². The van der Waals surface area contributed by atoms with Gasteiger partial charge < -0.3 is 10.5 Å². The molecule has 2 bridgehead atoms. The molecule has 1 aromatic carbocycles. The Balaban J connectivity index is 1.79. The number of halogens is 1. The molecular formula is C24H23FN8O. The molecule has 2 atom stereocenters. The SMILES string of the molecule is CC1Oc2nc(cnc2N)C2=C(C#N)CC(C(C)C)N=C2Cn2nncc2-c2ccc(F)cc21. The molecule has 172 valence electrons. The van der Waals surface area contributed by atoms with Gasteiger partial charge in [0.15, 0.2) is 5.82 Å². The number of nitrogen functional groups attached to an aromatic ring is 1. The van der Waals surface area contributed by atoms with E-state index in [1.807, 2.05) is 0 Å². The van der Waals surface area contributed by atoms with E-state index in [-0.39, 0.29) is 30.2 Å². The number of aromatic nitrogens is 5. The number of nitriles is 1. The van der Waals surface area contributed by atoms with Crippen molar-refractivity contribution in [3.05, 3.63) is 53.2 Å². The van der Waals surface area contributed by atoms with Gasteiger partial charge in [0.1, 0.15) is 11.9 Å². The van der Waals surface area contributed by atoms with Gasteiger partial charge in [0.2, 0.25) is 0 Å². The molecule has 4 heterocycles. The van der Waals surface area contributed by atoms with Gasteiger partial charge in [-0.05, 0) is 31.0 Å². The van der Waals surface area contributed by atoms with Crippen molar-refractivity contribution in [2.75, 3.05) is 5.73 Å². The van der Waals surface area contributed by atoms with Crippen LogP contribution >= 0.6 is 0 Å². The fraction of sp³-hybridized carbons (Fsp3) is 0.333. The molecular weight excluding hydrogens is 435 g/mol. The first-order valence-corrected chi connectivity index (χ1v) is 11.0. The predicted molar refractivity (Wildman–Crippen MR) is 124 cm³/mol. The Bertz CT molecular complexity index is 1380. The highest BCUT2D eigenvalue weighted by molar-refractivity contribution is 6.25. The monoisotopic (exact) mass is 458 g/mol. The largest absolute Gasteiger partial charge is 0.467 e. The van der Waals surface area contributed by atoms with Crippen molar-refractivity contribution in [1.82, 2.24) is 25.0 Å². The van der Waals surface area contributed by atoms with Crippen molar-refractivity contribution in [2.45, 2.75) is 45.9 Å². The highest BCUT2D eigenvalue weighted by atomic mass is 19.1. The molecule has 0 spiro atoms. The fourth-order valence-corrected chi connectivity index (χ4v) is 4.35. The van der Waals surface area contributed by atoms with Gasteiger partial charge in [-0.3, -0.25) is 4.99 Å². The van der Waals surface area contributed by atoms with E-state index in [1.165, 1.54) is 18.3 Å². The summed E-state index contributed by atoms with van der Waals surface area (Å²) in [4.78, 5) is 13.9. The van der Waals surface area contributed by atoms with E-state index in [1.54, 1.807) is 23.9 Å². The van der Waals surface area contributed by atoms with Gasteiger partial charge in [0, 0.05) is 28.7 Å². The number of nitrogens with zero attached hydrogens (tertiary/aromatic N) is 7. The number of ether oxygens (including phenoxy) is 1. The second-order valence-electron chi connectivity index (χ2n) is 8.77. The van der Waals surface area contributed by atoms with Crippen LogP contribution in [0.15, 0.2) is 41.2 Å². The van der Waals surface area contributed by atoms with Gasteiger partial charge >= 0.3 is 0 Å². The van der Waals surface area contributed by atoms with E-state index in [2.05, 4.69) is 40.2 Å². The van der Waals surface area contributed by atoms with Crippen LogP contribution in [0.5, 0.6) is 5.88 Å². The number of aliphatic imine (C=N–C) groups is 1. The summed E-state index contributed by atoms with van der Waals surface area (Å²) in [6.07, 6.45) is 3.04. The quantitative estimate of drug-likeness (QED) is 0.588. The van der Waals surface area contributed by atoms with E-state index in [0.29, 0.717) is 45.8 Å². The van der Waals surface area contributed by atoms with Gasteiger partial charge in [-0.2, -0.15) is 5.26 Å². The third-order valence-corrected chi connectivity index (χ3v) is 6.19. The summed E-state index contributed by atoms with van der Waals surface area (Å²) in [5.74, 6) is 0.0525.